The zero-order valence-corrected chi connectivity index (χ0v) is 11.2. The van der Waals surface area contributed by atoms with Crippen molar-refractivity contribution in [3.05, 3.63) is 26.4 Å². The van der Waals surface area contributed by atoms with Gasteiger partial charge in [0.05, 0.1) is 17.8 Å². The predicted octanol–water partition coefficient (Wildman–Crippen LogP) is 2.08. The molecule has 0 aromatic carbocycles. The summed E-state index contributed by atoms with van der Waals surface area (Å²) in [6, 6.07) is 0. The third kappa shape index (κ3) is 2.16. The minimum atomic E-state index is -0.815. The van der Waals surface area contributed by atoms with Crippen molar-refractivity contribution in [2.45, 2.75) is 19.4 Å². The molecule has 0 aliphatic carbocycles. The lowest BCUT2D eigenvalue weighted by Crippen LogP contribution is -2.38. The summed E-state index contributed by atoms with van der Waals surface area (Å²) in [7, 11) is 0. The summed E-state index contributed by atoms with van der Waals surface area (Å²) in [6.07, 6.45) is 1.69. The van der Waals surface area contributed by atoms with Crippen LogP contribution in [0.4, 0.5) is 0 Å². The number of hydrogen-bond donors (Lipinski definition) is 2. The quantitative estimate of drug-likeness (QED) is 0.876. The van der Waals surface area contributed by atoms with Crippen molar-refractivity contribution < 1.29 is 5.11 Å². The van der Waals surface area contributed by atoms with Crippen LogP contribution in [0.25, 0.3) is 0 Å². The summed E-state index contributed by atoms with van der Waals surface area (Å²) < 4.78 is 1.76. The SMILES string of the molecule is Cc1c(Br)cnc([C@](C)(N)CO)c1Br. The largest absolute Gasteiger partial charge is 0.394 e. The molecule has 0 aliphatic heterocycles. The summed E-state index contributed by atoms with van der Waals surface area (Å²) >= 11 is 6.80. The molecule has 0 fully saturated rings. The molecule has 1 atom stereocenters. The van der Waals surface area contributed by atoms with E-state index in [0.29, 0.717) is 5.69 Å². The number of aliphatic hydroxyl groups excluding tert-OH is 1. The maximum absolute atomic E-state index is 9.13. The van der Waals surface area contributed by atoms with Gasteiger partial charge in [-0.2, -0.15) is 0 Å². The van der Waals surface area contributed by atoms with Crippen LogP contribution in [0.15, 0.2) is 15.1 Å². The fourth-order valence-corrected chi connectivity index (χ4v) is 2.37. The van der Waals surface area contributed by atoms with Gasteiger partial charge in [0.25, 0.3) is 0 Å². The van der Waals surface area contributed by atoms with Gasteiger partial charge in [0.15, 0.2) is 0 Å². The maximum atomic E-state index is 9.13. The molecule has 1 aromatic rings. The third-order valence-corrected chi connectivity index (χ3v) is 3.84. The summed E-state index contributed by atoms with van der Waals surface area (Å²) in [4.78, 5) is 4.20. The lowest BCUT2D eigenvalue weighted by Gasteiger charge is -2.23. The third-order valence-electron chi connectivity index (χ3n) is 2.07. The molecule has 1 heterocycles. The zero-order chi connectivity index (χ0) is 10.9. The molecule has 0 saturated carbocycles. The van der Waals surface area contributed by atoms with Crippen LogP contribution < -0.4 is 5.73 Å². The lowest BCUT2D eigenvalue weighted by atomic mass is 9.99. The lowest BCUT2D eigenvalue weighted by molar-refractivity contribution is 0.206. The number of hydrogen-bond acceptors (Lipinski definition) is 3. The summed E-state index contributed by atoms with van der Waals surface area (Å²) in [5.74, 6) is 0. The first-order valence-electron chi connectivity index (χ1n) is 4.11. The molecule has 0 saturated heterocycles. The molecule has 0 unspecified atom stereocenters. The Labute approximate surface area is 100.0 Å². The first kappa shape index (κ1) is 12.1. The number of pyridine rings is 1. The minimum Gasteiger partial charge on any atom is -0.394 e. The minimum absolute atomic E-state index is 0.139. The van der Waals surface area contributed by atoms with E-state index in [4.69, 9.17) is 10.8 Å². The van der Waals surface area contributed by atoms with E-state index in [1.54, 1.807) is 13.1 Å². The van der Waals surface area contributed by atoms with Gasteiger partial charge in [-0.1, -0.05) is 0 Å². The first-order valence-corrected chi connectivity index (χ1v) is 5.69. The first-order chi connectivity index (χ1) is 6.40. The molecule has 78 valence electrons. The van der Waals surface area contributed by atoms with Gasteiger partial charge < -0.3 is 10.8 Å². The average Bonchev–Trinajstić information content (AvgIpc) is 2.14. The second-order valence-corrected chi connectivity index (χ2v) is 5.12. The monoisotopic (exact) mass is 322 g/mol. The van der Waals surface area contributed by atoms with Crippen LogP contribution in [0.3, 0.4) is 0 Å². The molecule has 0 aliphatic rings. The van der Waals surface area contributed by atoms with E-state index in [2.05, 4.69) is 36.8 Å². The van der Waals surface area contributed by atoms with Crippen LogP contribution >= 0.6 is 31.9 Å². The second kappa shape index (κ2) is 4.26. The van der Waals surface area contributed by atoms with Gasteiger partial charge in [-0.3, -0.25) is 4.98 Å². The van der Waals surface area contributed by atoms with Crippen LogP contribution in [-0.4, -0.2) is 16.7 Å². The number of aliphatic hydroxyl groups is 1. The zero-order valence-electron chi connectivity index (χ0n) is 8.01. The van der Waals surface area contributed by atoms with E-state index < -0.39 is 5.54 Å². The number of nitrogens with two attached hydrogens (primary N) is 1. The van der Waals surface area contributed by atoms with E-state index in [9.17, 15) is 0 Å². The molecular formula is C9H12Br2N2O. The van der Waals surface area contributed by atoms with Crippen molar-refractivity contribution >= 4 is 31.9 Å². The Bertz CT molecular complexity index is 353. The van der Waals surface area contributed by atoms with Crippen molar-refractivity contribution in [1.29, 1.82) is 0 Å². The van der Waals surface area contributed by atoms with Crippen molar-refractivity contribution in [2.24, 2.45) is 5.73 Å². The predicted molar refractivity (Wildman–Crippen MR) is 63.0 cm³/mol. The van der Waals surface area contributed by atoms with Gasteiger partial charge in [0.1, 0.15) is 0 Å². The Hall–Kier alpha value is 0.0300. The number of rotatable bonds is 2. The maximum Gasteiger partial charge on any atom is 0.0800 e. The van der Waals surface area contributed by atoms with E-state index in [-0.39, 0.29) is 6.61 Å². The van der Waals surface area contributed by atoms with Crippen LogP contribution in [0, 0.1) is 6.92 Å². The molecule has 1 aromatic heterocycles. The Morgan fingerprint density at radius 2 is 2.14 bits per heavy atom. The van der Waals surface area contributed by atoms with Crippen LogP contribution in [0.2, 0.25) is 0 Å². The highest BCUT2D eigenvalue weighted by Gasteiger charge is 2.25. The molecule has 0 radical (unpaired) electrons. The van der Waals surface area contributed by atoms with Crippen molar-refractivity contribution in [1.82, 2.24) is 4.98 Å². The molecule has 3 nitrogen and oxygen atoms in total. The van der Waals surface area contributed by atoms with E-state index in [0.717, 1.165) is 14.5 Å². The van der Waals surface area contributed by atoms with Gasteiger partial charge >= 0.3 is 0 Å². The summed E-state index contributed by atoms with van der Waals surface area (Å²) in [5.41, 5.74) is 6.78. The standard InChI is InChI=1S/C9H12Br2N2O/c1-5-6(10)3-13-8(7(5)11)9(2,12)4-14/h3,14H,4,12H2,1-2H3/t9-/m1/s1. The number of nitrogens with zero attached hydrogens (tertiary/aromatic N) is 1. The fourth-order valence-electron chi connectivity index (χ4n) is 1.03. The molecule has 0 bridgehead atoms. The normalized spacial score (nSPS) is 15.3. The Morgan fingerprint density at radius 3 is 2.64 bits per heavy atom. The highest BCUT2D eigenvalue weighted by Crippen LogP contribution is 2.30. The topological polar surface area (TPSA) is 59.1 Å². The molecule has 1 rings (SSSR count). The highest BCUT2D eigenvalue weighted by atomic mass is 79.9. The van der Waals surface area contributed by atoms with Crippen molar-refractivity contribution in [3.63, 3.8) is 0 Å². The molecule has 3 N–H and O–H groups in total. The van der Waals surface area contributed by atoms with Crippen LogP contribution in [-0.2, 0) is 5.54 Å². The molecule has 5 heteroatoms. The van der Waals surface area contributed by atoms with Gasteiger partial charge in [-0.25, -0.2) is 0 Å². The van der Waals surface area contributed by atoms with Crippen molar-refractivity contribution in [2.75, 3.05) is 6.61 Å². The highest BCUT2D eigenvalue weighted by molar-refractivity contribution is 9.11. The number of halogens is 2. The Kier molecular flexibility index (Phi) is 3.69. The summed E-state index contributed by atoms with van der Waals surface area (Å²) in [5, 5.41) is 9.13. The van der Waals surface area contributed by atoms with E-state index >= 15 is 0 Å². The van der Waals surface area contributed by atoms with E-state index in [1.807, 2.05) is 6.92 Å². The molecule has 14 heavy (non-hydrogen) atoms. The van der Waals surface area contributed by atoms with Gasteiger partial charge in [0.2, 0.25) is 0 Å². The van der Waals surface area contributed by atoms with Gasteiger partial charge in [-0.05, 0) is 51.3 Å². The fraction of sp³-hybridized carbons (Fsp3) is 0.444. The Balaban J connectivity index is 3.31. The smallest absolute Gasteiger partial charge is 0.0800 e. The Morgan fingerprint density at radius 1 is 1.57 bits per heavy atom. The summed E-state index contributed by atoms with van der Waals surface area (Å²) in [6.45, 7) is 3.56. The average molecular weight is 324 g/mol. The van der Waals surface area contributed by atoms with Crippen LogP contribution in [0.5, 0.6) is 0 Å². The number of aromatic nitrogens is 1. The molecular weight excluding hydrogens is 312 g/mol. The van der Waals surface area contributed by atoms with Gasteiger partial charge in [-0.15, -0.1) is 0 Å². The molecule has 0 spiro atoms. The van der Waals surface area contributed by atoms with Gasteiger partial charge in [0, 0.05) is 15.1 Å². The van der Waals surface area contributed by atoms with Crippen LogP contribution in [0.1, 0.15) is 18.2 Å². The van der Waals surface area contributed by atoms with Crippen molar-refractivity contribution in [3.8, 4) is 0 Å². The molecule has 0 amide bonds. The van der Waals surface area contributed by atoms with E-state index in [1.165, 1.54) is 0 Å². The second-order valence-electron chi connectivity index (χ2n) is 3.47.